The van der Waals surface area contributed by atoms with Crippen molar-refractivity contribution in [2.45, 2.75) is 32.2 Å². The number of hydrogen-bond donors (Lipinski definition) is 1. The minimum atomic E-state index is -0.964. The van der Waals surface area contributed by atoms with Gasteiger partial charge in [0, 0.05) is 13.1 Å². The number of nitrogens with zero attached hydrogens (tertiary/aromatic N) is 1. The second-order valence-corrected chi connectivity index (χ2v) is 4.24. The maximum absolute atomic E-state index is 11.7. The molecule has 0 aliphatic carbocycles. The Kier molecular flexibility index (Phi) is 3.55. The van der Waals surface area contributed by atoms with E-state index < -0.39 is 11.5 Å². The quantitative estimate of drug-likeness (QED) is 0.690. The van der Waals surface area contributed by atoms with Crippen LogP contribution in [0.4, 0.5) is 4.79 Å². The number of likely N-dealkylation sites (tertiary alicyclic amines) is 1. The van der Waals surface area contributed by atoms with Crippen LogP contribution < -0.4 is 5.32 Å². The van der Waals surface area contributed by atoms with Crippen LogP contribution in [-0.4, -0.2) is 42.6 Å². The van der Waals surface area contributed by atoms with E-state index >= 15 is 0 Å². The highest BCUT2D eigenvalue weighted by molar-refractivity contribution is 5.86. The fraction of sp³-hybridized carbons (Fsp3) is 0.800. The maximum Gasteiger partial charge on any atom is 0.331 e. The van der Waals surface area contributed by atoms with E-state index in [1.165, 1.54) is 7.11 Å². The molecular formula is C10H18N2O3. The van der Waals surface area contributed by atoms with Gasteiger partial charge in [0.25, 0.3) is 0 Å². The number of methoxy groups -OCH3 is 1. The SMILES string of the molecule is COC(=O)C(C)(C)NC(=O)N1CCCC1. The number of amides is 2. The molecule has 15 heavy (non-hydrogen) atoms. The van der Waals surface area contributed by atoms with E-state index in [0.29, 0.717) is 0 Å². The number of esters is 1. The number of rotatable bonds is 2. The van der Waals surface area contributed by atoms with Gasteiger partial charge in [-0.2, -0.15) is 0 Å². The molecule has 1 saturated heterocycles. The van der Waals surface area contributed by atoms with Crippen LogP contribution in [0.25, 0.3) is 0 Å². The minimum Gasteiger partial charge on any atom is -0.467 e. The Morgan fingerprint density at radius 2 is 1.80 bits per heavy atom. The minimum absolute atomic E-state index is 0.192. The number of nitrogens with one attached hydrogen (secondary N) is 1. The fourth-order valence-electron chi connectivity index (χ4n) is 1.57. The molecule has 0 aromatic carbocycles. The molecular weight excluding hydrogens is 196 g/mol. The van der Waals surface area contributed by atoms with Crippen molar-refractivity contribution in [2.75, 3.05) is 20.2 Å². The molecule has 0 aromatic heterocycles. The molecule has 5 heteroatoms. The van der Waals surface area contributed by atoms with Crippen LogP contribution in [0, 0.1) is 0 Å². The third-order valence-electron chi connectivity index (χ3n) is 2.51. The molecule has 0 unspecified atom stereocenters. The van der Waals surface area contributed by atoms with Crippen molar-refractivity contribution >= 4 is 12.0 Å². The standard InChI is InChI=1S/C10H18N2O3/c1-10(2,8(13)15-3)11-9(14)12-6-4-5-7-12/h4-7H2,1-3H3,(H,11,14). The maximum atomic E-state index is 11.7. The van der Waals surface area contributed by atoms with Gasteiger partial charge in [0.15, 0.2) is 0 Å². The summed E-state index contributed by atoms with van der Waals surface area (Å²) in [5.41, 5.74) is -0.964. The topological polar surface area (TPSA) is 58.6 Å². The summed E-state index contributed by atoms with van der Waals surface area (Å²) < 4.78 is 4.61. The van der Waals surface area contributed by atoms with E-state index in [2.05, 4.69) is 10.1 Å². The van der Waals surface area contributed by atoms with E-state index in [9.17, 15) is 9.59 Å². The molecule has 0 atom stereocenters. The summed E-state index contributed by atoms with van der Waals surface area (Å²) >= 11 is 0. The fourth-order valence-corrected chi connectivity index (χ4v) is 1.57. The van der Waals surface area contributed by atoms with Crippen molar-refractivity contribution in [1.29, 1.82) is 0 Å². The molecule has 5 nitrogen and oxygen atoms in total. The van der Waals surface area contributed by atoms with Gasteiger partial charge in [-0.15, -0.1) is 0 Å². The van der Waals surface area contributed by atoms with E-state index in [-0.39, 0.29) is 6.03 Å². The Bertz CT molecular complexity index is 257. The molecule has 1 heterocycles. The Labute approximate surface area is 89.8 Å². The summed E-state index contributed by atoms with van der Waals surface area (Å²) in [7, 11) is 1.31. The molecule has 2 amide bonds. The molecule has 0 radical (unpaired) electrons. The molecule has 1 aliphatic heterocycles. The smallest absolute Gasteiger partial charge is 0.331 e. The number of urea groups is 1. The summed E-state index contributed by atoms with van der Waals surface area (Å²) in [6, 6.07) is -0.192. The molecule has 1 aliphatic rings. The Hall–Kier alpha value is -1.26. The van der Waals surface area contributed by atoms with Gasteiger partial charge in [-0.3, -0.25) is 0 Å². The van der Waals surface area contributed by atoms with Crippen LogP contribution >= 0.6 is 0 Å². The second-order valence-electron chi connectivity index (χ2n) is 4.24. The first-order valence-electron chi connectivity index (χ1n) is 5.13. The highest BCUT2D eigenvalue weighted by Gasteiger charge is 2.32. The van der Waals surface area contributed by atoms with Crippen molar-refractivity contribution in [3.63, 3.8) is 0 Å². The van der Waals surface area contributed by atoms with Gasteiger partial charge < -0.3 is 15.0 Å². The Morgan fingerprint density at radius 1 is 1.27 bits per heavy atom. The molecule has 1 rings (SSSR count). The summed E-state index contributed by atoms with van der Waals surface area (Å²) in [5, 5.41) is 2.66. The van der Waals surface area contributed by atoms with E-state index in [0.717, 1.165) is 25.9 Å². The van der Waals surface area contributed by atoms with E-state index in [4.69, 9.17) is 0 Å². The Morgan fingerprint density at radius 3 is 2.27 bits per heavy atom. The van der Waals surface area contributed by atoms with Crippen LogP contribution in [0.1, 0.15) is 26.7 Å². The summed E-state index contributed by atoms with van der Waals surface area (Å²) in [6.45, 7) is 4.80. The number of hydrogen-bond acceptors (Lipinski definition) is 3. The van der Waals surface area contributed by atoms with Crippen LogP contribution in [0.3, 0.4) is 0 Å². The normalized spacial score (nSPS) is 16.3. The number of ether oxygens (including phenoxy) is 1. The summed E-state index contributed by atoms with van der Waals surface area (Å²) in [6.07, 6.45) is 2.07. The van der Waals surface area contributed by atoms with Crippen molar-refractivity contribution in [1.82, 2.24) is 10.2 Å². The third kappa shape index (κ3) is 2.84. The van der Waals surface area contributed by atoms with Gasteiger partial charge in [0.1, 0.15) is 5.54 Å². The van der Waals surface area contributed by atoms with Crippen LogP contribution in [-0.2, 0) is 9.53 Å². The number of carbonyl (C=O) groups excluding carboxylic acids is 2. The van der Waals surface area contributed by atoms with Gasteiger partial charge in [-0.25, -0.2) is 9.59 Å². The van der Waals surface area contributed by atoms with Crippen LogP contribution in [0.2, 0.25) is 0 Å². The van der Waals surface area contributed by atoms with E-state index in [1.54, 1.807) is 18.7 Å². The van der Waals surface area contributed by atoms with Crippen molar-refractivity contribution < 1.29 is 14.3 Å². The zero-order valence-corrected chi connectivity index (χ0v) is 9.50. The molecule has 86 valence electrons. The van der Waals surface area contributed by atoms with Gasteiger partial charge in [0.05, 0.1) is 7.11 Å². The first-order valence-corrected chi connectivity index (χ1v) is 5.13. The lowest BCUT2D eigenvalue weighted by molar-refractivity contribution is -0.146. The zero-order valence-electron chi connectivity index (χ0n) is 9.50. The summed E-state index contributed by atoms with van der Waals surface area (Å²) in [4.78, 5) is 24.7. The molecule has 1 N–H and O–H groups in total. The molecule has 1 fully saturated rings. The van der Waals surface area contributed by atoms with E-state index in [1.807, 2.05) is 0 Å². The predicted octanol–water partition coefficient (Wildman–Crippen LogP) is 0.743. The third-order valence-corrected chi connectivity index (χ3v) is 2.51. The lowest BCUT2D eigenvalue weighted by atomic mass is 10.1. The van der Waals surface area contributed by atoms with Gasteiger partial charge in [-0.05, 0) is 26.7 Å². The van der Waals surface area contributed by atoms with Gasteiger partial charge >= 0.3 is 12.0 Å². The largest absolute Gasteiger partial charge is 0.467 e. The predicted molar refractivity (Wildman–Crippen MR) is 55.4 cm³/mol. The molecule has 0 bridgehead atoms. The van der Waals surface area contributed by atoms with Gasteiger partial charge in [-0.1, -0.05) is 0 Å². The average Bonchev–Trinajstić information content (AvgIpc) is 2.68. The first kappa shape index (κ1) is 11.8. The lowest BCUT2D eigenvalue weighted by Gasteiger charge is -2.26. The monoisotopic (exact) mass is 214 g/mol. The molecule has 0 spiro atoms. The number of carbonyl (C=O) groups is 2. The van der Waals surface area contributed by atoms with Crippen molar-refractivity contribution in [3.8, 4) is 0 Å². The Balaban J connectivity index is 2.52. The lowest BCUT2D eigenvalue weighted by Crippen LogP contribution is -2.54. The first-order chi connectivity index (χ1) is 6.97. The molecule has 0 aromatic rings. The van der Waals surface area contributed by atoms with Crippen LogP contribution in [0.15, 0.2) is 0 Å². The average molecular weight is 214 g/mol. The van der Waals surface area contributed by atoms with Gasteiger partial charge in [0.2, 0.25) is 0 Å². The van der Waals surface area contributed by atoms with Crippen molar-refractivity contribution in [2.24, 2.45) is 0 Å². The highest BCUT2D eigenvalue weighted by Crippen LogP contribution is 2.10. The summed E-state index contributed by atoms with van der Waals surface area (Å²) in [5.74, 6) is -0.435. The highest BCUT2D eigenvalue weighted by atomic mass is 16.5. The van der Waals surface area contributed by atoms with Crippen molar-refractivity contribution in [3.05, 3.63) is 0 Å². The second kappa shape index (κ2) is 4.51. The zero-order chi connectivity index (χ0) is 11.5. The van der Waals surface area contributed by atoms with Crippen LogP contribution in [0.5, 0.6) is 0 Å². The molecule has 0 saturated carbocycles.